The molecule has 0 bridgehead atoms. The minimum absolute atomic E-state index is 0.0123. The SMILES string of the molecule is CCc1ccccc1NC(=O)OCC(C)(C)C. The lowest BCUT2D eigenvalue weighted by atomic mass is 9.99. The lowest BCUT2D eigenvalue weighted by Crippen LogP contribution is -2.22. The standard InChI is InChI=1S/C14H21NO2/c1-5-11-8-6-7-9-12(11)15-13(16)17-10-14(2,3)4/h6-9H,5,10H2,1-4H3,(H,15,16). The second-order valence-corrected chi connectivity index (χ2v) is 5.27. The fourth-order valence-electron chi connectivity index (χ4n) is 1.38. The van der Waals surface area contributed by atoms with Crippen molar-refractivity contribution in [2.45, 2.75) is 34.1 Å². The average molecular weight is 235 g/mol. The molecule has 1 N–H and O–H groups in total. The molecule has 0 aliphatic heterocycles. The number of aryl methyl sites for hydroxylation is 1. The number of nitrogens with one attached hydrogen (secondary N) is 1. The predicted octanol–water partition coefficient (Wildman–Crippen LogP) is 3.84. The van der Waals surface area contributed by atoms with Crippen molar-refractivity contribution in [3.05, 3.63) is 29.8 Å². The van der Waals surface area contributed by atoms with Crippen LogP contribution in [-0.2, 0) is 11.2 Å². The van der Waals surface area contributed by atoms with E-state index in [2.05, 4.69) is 12.2 Å². The van der Waals surface area contributed by atoms with Gasteiger partial charge in [-0.1, -0.05) is 45.9 Å². The molecule has 0 spiro atoms. The van der Waals surface area contributed by atoms with E-state index in [1.165, 1.54) is 0 Å². The van der Waals surface area contributed by atoms with Gasteiger partial charge in [0.2, 0.25) is 0 Å². The fraction of sp³-hybridized carbons (Fsp3) is 0.500. The molecule has 0 fully saturated rings. The van der Waals surface area contributed by atoms with E-state index in [9.17, 15) is 4.79 Å². The Bertz CT molecular complexity index is 380. The van der Waals surface area contributed by atoms with E-state index in [4.69, 9.17) is 4.74 Å². The van der Waals surface area contributed by atoms with E-state index >= 15 is 0 Å². The van der Waals surface area contributed by atoms with Crippen LogP contribution in [0.1, 0.15) is 33.3 Å². The van der Waals surface area contributed by atoms with Gasteiger partial charge in [-0.2, -0.15) is 0 Å². The summed E-state index contributed by atoms with van der Waals surface area (Å²) < 4.78 is 5.16. The third-order valence-electron chi connectivity index (χ3n) is 2.27. The summed E-state index contributed by atoms with van der Waals surface area (Å²) in [7, 11) is 0. The second-order valence-electron chi connectivity index (χ2n) is 5.27. The lowest BCUT2D eigenvalue weighted by molar-refractivity contribution is 0.118. The van der Waals surface area contributed by atoms with Crippen molar-refractivity contribution in [3.8, 4) is 0 Å². The number of carbonyl (C=O) groups excluding carboxylic acids is 1. The minimum Gasteiger partial charge on any atom is -0.449 e. The van der Waals surface area contributed by atoms with Crippen LogP contribution in [-0.4, -0.2) is 12.7 Å². The summed E-state index contributed by atoms with van der Waals surface area (Å²) in [6.45, 7) is 8.55. The molecule has 0 radical (unpaired) electrons. The maximum Gasteiger partial charge on any atom is 0.411 e. The molecule has 3 heteroatoms. The first-order valence-electron chi connectivity index (χ1n) is 5.94. The number of ether oxygens (including phenoxy) is 1. The fourth-order valence-corrected chi connectivity index (χ4v) is 1.38. The summed E-state index contributed by atoms with van der Waals surface area (Å²) in [6, 6.07) is 7.75. The van der Waals surface area contributed by atoms with Crippen LogP contribution in [0, 0.1) is 5.41 Å². The van der Waals surface area contributed by atoms with Crippen molar-refractivity contribution >= 4 is 11.8 Å². The van der Waals surface area contributed by atoms with Crippen molar-refractivity contribution in [3.63, 3.8) is 0 Å². The molecule has 0 heterocycles. The number of rotatable bonds is 3. The summed E-state index contributed by atoms with van der Waals surface area (Å²) >= 11 is 0. The molecule has 0 saturated heterocycles. The van der Waals surface area contributed by atoms with Gasteiger partial charge in [-0.3, -0.25) is 5.32 Å². The molecule has 1 aromatic carbocycles. The van der Waals surface area contributed by atoms with E-state index < -0.39 is 0 Å². The topological polar surface area (TPSA) is 38.3 Å². The van der Waals surface area contributed by atoms with E-state index in [1.54, 1.807) is 0 Å². The van der Waals surface area contributed by atoms with E-state index in [0.717, 1.165) is 17.7 Å². The number of para-hydroxylation sites is 1. The van der Waals surface area contributed by atoms with Crippen LogP contribution in [0.2, 0.25) is 0 Å². The Morgan fingerprint density at radius 3 is 2.53 bits per heavy atom. The Labute approximate surface area is 103 Å². The molecule has 1 aromatic rings. The van der Waals surface area contributed by atoms with E-state index in [1.807, 2.05) is 45.0 Å². The first-order valence-corrected chi connectivity index (χ1v) is 5.94. The summed E-state index contributed by atoms with van der Waals surface area (Å²) in [5.74, 6) is 0. The van der Waals surface area contributed by atoms with Gasteiger partial charge in [0.1, 0.15) is 0 Å². The lowest BCUT2D eigenvalue weighted by Gasteiger charge is -2.18. The monoisotopic (exact) mass is 235 g/mol. The number of benzene rings is 1. The first-order chi connectivity index (χ1) is 7.92. The Morgan fingerprint density at radius 1 is 1.29 bits per heavy atom. The molecule has 17 heavy (non-hydrogen) atoms. The highest BCUT2D eigenvalue weighted by Crippen LogP contribution is 2.17. The van der Waals surface area contributed by atoms with Crippen LogP contribution in [0.25, 0.3) is 0 Å². The Kier molecular flexibility index (Phi) is 4.55. The molecule has 0 saturated carbocycles. The van der Waals surface area contributed by atoms with Crippen molar-refractivity contribution in [1.82, 2.24) is 0 Å². The van der Waals surface area contributed by atoms with E-state index in [-0.39, 0.29) is 11.5 Å². The zero-order chi connectivity index (χ0) is 12.9. The maximum atomic E-state index is 11.6. The molecule has 94 valence electrons. The molecule has 0 aromatic heterocycles. The van der Waals surface area contributed by atoms with Crippen molar-refractivity contribution in [2.75, 3.05) is 11.9 Å². The van der Waals surface area contributed by atoms with Gasteiger partial charge in [0.15, 0.2) is 0 Å². The average Bonchev–Trinajstić information content (AvgIpc) is 2.26. The quantitative estimate of drug-likeness (QED) is 0.864. The summed E-state index contributed by atoms with van der Waals surface area (Å²) in [5, 5.41) is 2.77. The second kappa shape index (κ2) is 5.71. The Balaban J connectivity index is 2.56. The van der Waals surface area contributed by atoms with Gasteiger partial charge in [-0.15, -0.1) is 0 Å². The highest BCUT2D eigenvalue weighted by atomic mass is 16.5. The van der Waals surface area contributed by atoms with Gasteiger partial charge >= 0.3 is 6.09 Å². The smallest absolute Gasteiger partial charge is 0.411 e. The Hall–Kier alpha value is -1.51. The molecule has 3 nitrogen and oxygen atoms in total. The van der Waals surface area contributed by atoms with E-state index in [0.29, 0.717) is 6.61 Å². The number of hydrogen-bond acceptors (Lipinski definition) is 2. The highest BCUT2D eigenvalue weighted by Gasteiger charge is 2.14. The van der Waals surface area contributed by atoms with Crippen LogP contribution in [0.5, 0.6) is 0 Å². The van der Waals surface area contributed by atoms with Gasteiger partial charge in [0, 0.05) is 5.69 Å². The third-order valence-corrected chi connectivity index (χ3v) is 2.27. The number of amides is 1. The van der Waals surface area contributed by atoms with Gasteiger partial charge in [0.05, 0.1) is 6.61 Å². The van der Waals surface area contributed by atoms with Gasteiger partial charge in [-0.05, 0) is 23.5 Å². The molecule has 1 amide bonds. The zero-order valence-corrected chi connectivity index (χ0v) is 11.0. The predicted molar refractivity (Wildman–Crippen MR) is 70.2 cm³/mol. The molecule has 0 unspecified atom stereocenters. The van der Waals surface area contributed by atoms with Crippen molar-refractivity contribution < 1.29 is 9.53 Å². The maximum absolute atomic E-state index is 11.6. The molecule has 0 atom stereocenters. The Morgan fingerprint density at radius 2 is 1.94 bits per heavy atom. The van der Waals surface area contributed by atoms with Crippen molar-refractivity contribution in [2.24, 2.45) is 5.41 Å². The zero-order valence-electron chi connectivity index (χ0n) is 11.0. The first kappa shape index (κ1) is 13.6. The summed E-state index contributed by atoms with van der Waals surface area (Å²) in [5.41, 5.74) is 1.93. The van der Waals surface area contributed by atoms with Crippen LogP contribution in [0.4, 0.5) is 10.5 Å². The number of anilines is 1. The summed E-state index contributed by atoms with van der Waals surface area (Å²) in [4.78, 5) is 11.6. The van der Waals surface area contributed by atoms with Gasteiger partial charge in [0.25, 0.3) is 0 Å². The molecule has 0 aliphatic carbocycles. The largest absolute Gasteiger partial charge is 0.449 e. The molecular weight excluding hydrogens is 214 g/mol. The normalized spacial score (nSPS) is 11.1. The molecule has 0 aliphatic rings. The van der Waals surface area contributed by atoms with Crippen LogP contribution in [0.15, 0.2) is 24.3 Å². The van der Waals surface area contributed by atoms with Gasteiger partial charge in [-0.25, -0.2) is 4.79 Å². The third kappa shape index (κ3) is 4.89. The molecule has 1 rings (SSSR count). The number of carbonyl (C=O) groups is 1. The van der Waals surface area contributed by atoms with Crippen LogP contribution >= 0.6 is 0 Å². The highest BCUT2D eigenvalue weighted by molar-refractivity contribution is 5.85. The molecular formula is C14H21NO2. The number of hydrogen-bond donors (Lipinski definition) is 1. The van der Waals surface area contributed by atoms with Gasteiger partial charge < -0.3 is 4.74 Å². The van der Waals surface area contributed by atoms with Crippen molar-refractivity contribution in [1.29, 1.82) is 0 Å². The van der Waals surface area contributed by atoms with Crippen LogP contribution < -0.4 is 5.32 Å². The minimum atomic E-state index is -0.388. The summed E-state index contributed by atoms with van der Waals surface area (Å²) in [6.07, 6.45) is 0.497. The van der Waals surface area contributed by atoms with Crippen LogP contribution in [0.3, 0.4) is 0 Å².